The molecule has 1 amide bonds. The predicted octanol–water partition coefficient (Wildman–Crippen LogP) is 3.39. The molecular formula is C18H13ClN2O3S. The van der Waals surface area contributed by atoms with Crippen LogP contribution in [0.1, 0.15) is 15.9 Å². The molecule has 0 aliphatic carbocycles. The first-order valence-electron chi connectivity index (χ1n) is 7.30. The van der Waals surface area contributed by atoms with E-state index in [0.717, 1.165) is 5.56 Å². The molecule has 7 heteroatoms. The minimum atomic E-state index is -0.413. The van der Waals surface area contributed by atoms with Crippen molar-refractivity contribution in [3.05, 3.63) is 70.4 Å². The molecule has 0 aromatic heterocycles. The van der Waals surface area contributed by atoms with Crippen molar-refractivity contribution in [2.75, 3.05) is 12.0 Å². The standard InChI is InChI=1S/C18H13ClN2O3S/c1-24-17(23)12-4-2-11(3-5-12)10-15-16(22)21(18(25)20-15)14-8-6-13(19)7-9-14/h2-10H,1H3,(H,20,25). The van der Waals surface area contributed by atoms with Gasteiger partial charge >= 0.3 is 5.97 Å². The van der Waals surface area contributed by atoms with Gasteiger partial charge in [-0.15, -0.1) is 0 Å². The Morgan fingerprint density at radius 2 is 1.80 bits per heavy atom. The average Bonchev–Trinajstić information content (AvgIpc) is 2.89. The molecule has 1 aliphatic heterocycles. The smallest absolute Gasteiger partial charge is 0.337 e. The van der Waals surface area contributed by atoms with Crippen LogP contribution in [0.2, 0.25) is 5.02 Å². The quantitative estimate of drug-likeness (QED) is 0.508. The molecule has 1 N–H and O–H groups in total. The van der Waals surface area contributed by atoms with Crippen molar-refractivity contribution in [3.8, 4) is 0 Å². The van der Waals surface area contributed by atoms with Crippen molar-refractivity contribution in [3.63, 3.8) is 0 Å². The van der Waals surface area contributed by atoms with Crippen molar-refractivity contribution in [1.82, 2.24) is 5.32 Å². The van der Waals surface area contributed by atoms with E-state index in [1.165, 1.54) is 12.0 Å². The second-order valence-corrected chi connectivity index (χ2v) is 6.04. The van der Waals surface area contributed by atoms with Gasteiger partial charge in [0.15, 0.2) is 5.11 Å². The van der Waals surface area contributed by atoms with Crippen molar-refractivity contribution >= 4 is 52.6 Å². The number of esters is 1. The molecule has 1 saturated heterocycles. The fourth-order valence-corrected chi connectivity index (χ4v) is 2.78. The highest BCUT2D eigenvalue weighted by atomic mass is 35.5. The van der Waals surface area contributed by atoms with Gasteiger partial charge in [0, 0.05) is 5.02 Å². The van der Waals surface area contributed by atoms with Crippen LogP contribution in [0.5, 0.6) is 0 Å². The summed E-state index contributed by atoms with van der Waals surface area (Å²) in [6.45, 7) is 0. The minimum absolute atomic E-state index is 0.260. The Hall–Kier alpha value is -2.70. The normalized spacial score (nSPS) is 15.4. The van der Waals surface area contributed by atoms with Crippen LogP contribution >= 0.6 is 23.8 Å². The maximum atomic E-state index is 12.6. The molecule has 2 aromatic carbocycles. The monoisotopic (exact) mass is 372 g/mol. The molecule has 25 heavy (non-hydrogen) atoms. The Morgan fingerprint density at radius 1 is 1.16 bits per heavy atom. The van der Waals surface area contributed by atoms with Crippen molar-refractivity contribution in [2.24, 2.45) is 0 Å². The maximum Gasteiger partial charge on any atom is 0.337 e. The zero-order valence-corrected chi connectivity index (χ0v) is 14.7. The number of hydrogen-bond acceptors (Lipinski definition) is 4. The summed E-state index contributed by atoms with van der Waals surface area (Å²) in [4.78, 5) is 25.5. The third-order valence-electron chi connectivity index (χ3n) is 3.61. The first-order valence-corrected chi connectivity index (χ1v) is 8.09. The van der Waals surface area contributed by atoms with Crippen molar-refractivity contribution < 1.29 is 14.3 Å². The van der Waals surface area contributed by atoms with Crippen LogP contribution in [0, 0.1) is 0 Å². The molecular weight excluding hydrogens is 360 g/mol. The van der Waals surface area contributed by atoms with E-state index in [9.17, 15) is 9.59 Å². The highest BCUT2D eigenvalue weighted by Gasteiger charge is 2.31. The number of carbonyl (C=O) groups is 2. The lowest BCUT2D eigenvalue weighted by atomic mass is 10.1. The lowest BCUT2D eigenvalue weighted by molar-refractivity contribution is -0.113. The fourth-order valence-electron chi connectivity index (χ4n) is 2.36. The number of ether oxygens (including phenoxy) is 1. The van der Waals surface area contributed by atoms with Gasteiger partial charge in [0.1, 0.15) is 5.70 Å². The maximum absolute atomic E-state index is 12.6. The molecule has 0 radical (unpaired) electrons. The first-order chi connectivity index (χ1) is 12.0. The molecule has 126 valence electrons. The summed E-state index contributed by atoms with van der Waals surface area (Å²) in [6, 6.07) is 13.6. The zero-order chi connectivity index (χ0) is 18.0. The Morgan fingerprint density at radius 3 is 2.40 bits per heavy atom. The number of methoxy groups -OCH3 is 1. The third-order valence-corrected chi connectivity index (χ3v) is 4.14. The molecule has 5 nitrogen and oxygen atoms in total. The molecule has 1 heterocycles. The highest BCUT2D eigenvalue weighted by Crippen LogP contribution is 2.24. The van der Waals surface area contributed by atoms with Gasteiger partial charge in [-0.2, -0.15) is 0 Å². The summed E-state index contributed by atoms with van der Waals surface area (Å²) >= 11 is 11.1. The van der Waals surface area contributed by atoms with E-state index in [4.69, 9.17) is 23.8 Å². The number of rotatable bonds is 3. The molecule has 0 saturated carbocycles. The fraction of sp³-hybridized carbons (Fsp3) is 0.0556. The van der Waals surface area contributed by atoms with Crippen LogP contribution in [0.3, 0.4) is 0 Å². The second kappa shape index (κ2) is 7.04. The Kier molecular flexibility index (Phi) is 4.83. The Labute approximate surface area is 154 Å². The molecule has 0 unspecified atom stereocenters. The summed E-state index contributed by atoms with van der Waals surface area (Å²) in [5.74, 6) is -0.672. The summed E-state index contributed by atoms with van der Waals surface area (Å²) in [6.07, 6.45) is 1.67. The SMILES string of the molecule is COC(=O)c1ccc(C=C2NC(=S)N(c3ccc(Cl)cc3)C2=O)cc1. The van der Waals surface area contributed by atoms with E-state index < -0.39 is 5.97 Å². The number of carbonyl (C=O) groups excluding carboxylic acids is 2. The summed E-state index contributed by atoms with van der Waals surface area (Å²) < 4.78 is 4.66. The largest absolute Gasteiger partial charge is 0.465 e. The average molecular weight is 373 g/mol. The molecule has 1 aliphatic rings. The zero-order valence-electron chi connectivity index (χ0n) is 13.2. The lowest BCUT2D eigenvalue weighted by Crippen LogP contribution is -2.30. The molecule has 0 bridgehead atoms. The van der Waals surface area contributed by atoms with Gasteiger partial charge in [-0.05, 0) is 60.3 Å². The van der Waals surface area contributed by atoms with Gasteiger partial charge < -0.3 is 10.1 Å². The number of nitrogens with zero attached hydrogens (tertiary/aromatic N) is 1. The first kappa shape index (κ1) is 17.1. The van der Waals surface area contributed by atoms with Crippen LogP contribution in [-0.4, -0.2) is 24.1 Å². The Bertz CT molecular complexity index is 876. The predicted molar refractivity (Wildman–Crippen MR) is 100 cm³/mol. The van der Waals surface area contributed by atoms with Crippen LogP contribution in [0.25, 0.3) is 6.08 Å². The van der Waals surface area contributed by atoms with Gasteiger partial charge in [-0.1, -0.05) is 23.7 Å². The van der Waals surface area contributed by atoms with Crippen LogP contribution in [0.4, 0.5) is 5.69 Å². The molecule has 1 fully saturated rings. The highest BCUT2D eigenvalue weighted by molar-refractivity contribution is 7.80. The minimum Gasteiger partial charge on any atom is -0.465 e. The summed E-state index contributed by atoms with van der Waals surface area (Å²) in [5.41, 5.74) is 2.18. The van der Waals surface area contributed by atoms with E-state index in [0.29, 0.717) is 27.1 Å². The van der Waals surface area contributed by atoms with E-state index in [1.807, 2.05) is 0 Å². The summed E-state index contributed by atoms with van der Waals surface area (Å²) in [5, 5.41) is 3.78. The number of anilines is 1. The van der Waals surface area contributed by atoms with Gasteiger partial charge in [0.25, 0.3) is 5.91 Å². The topological polar surface area (TPSA) is 58.6 Å². The number of nitrogens with one attached hydrogen (secondary N) is 1. The number of hydrogen-bond donors (Lipinski definition) is 1. The van der Waals surface area contributed by atoms with Crippen molar-refractivity contribution in [1.29, 1.82) is 0 Å². The van der Waals surface area contributed by atoms with Gasteiger partial charge in [0.2, 0.25) is 0 Å². The Balaban J connectivity index is 1.85. The van der Waals surface area contributed by atoms with Crippen LogP contribution < -0.4 is 10.2 Å². The van der Waals surface area contributed by atoms with Gasteiger partial charge in [0.05, 0.1) is 18.4 Å². The van der Waals surface area contributed by atoms with E-state index in [-0.39, 0.29) is 5.91 Å². The number of thiocarbonyl (C=S) groups is 1. The van der Waals surface area contributed by atoms with E-state index in [1.54, 1.807) is 54.6 Å². The molecule has 0 atom stereocenters. The molecule has 2 aromatic rings. The van der Waals surface area contributed by atoms with Gasteiger partial charge in [-0.3, -0.25) is 9.69 Å². The number of amides is 1. The number of benzene rings is 2. The molecule has 0 spiro atoms. The lowest BCUT2D eigenvalue weighted by Gasteiger charge is -2.13. The van der Waals surface area contributed by atoms with Gasteiger partial charge in [-0.25, -0.2) is 4.79 Å². The van der Waals surface area contributed by atoms with Crippen molar-refractivity contribution in [2.45, 2.75) is 0 Å². The summed E-state index contributed by atoms with van der Waals surface area (Å²) in [7, 11) is 1.33. The number of halogens is 1. The van der Waals surface area contributed by atoms with Crippen LogP contribution in [0.15, 0.2) is 54.2 Å². The second-order valence-electron chi connectivity index (χ2n) is 5.22. The van der Waals surface area contributed by atoms with E-state index >= 15 is 0 Å². The van der Waals surface area contributed by atoms with E-state index in [2.05, 4.69) is 10.1 Å². The molecule has 3 rings (SSSR count). The van der Waals surface area contributed by atoms with Crippen LogP contribution in [-0.2, 0) is 9.53 Å². The third kappa shape index (κ3) is 3.55.